The van der Waals surface area contributed by atoms with E-state index in [-0.39, 0.29) is 5.54 Å². The van der Waals surface area contributed by atoms with Crippen LogP contribution in [-0.2, 0) is 0 Å². The van der Waals surface area contributed by atoms with Crippen molar-refractivity contribution in [3.63, 3.8) is 0 Å². The average Bonchev–Trinajstić information content (AvgIpc) is 3.13. The SMILES string of the molecule is Cc1c(N2CN(CCCOc3ccc(C4=C(Cl)CNC=C4)cc3)C(C)(C)C2)ccc(C#N)c1Cl. The number of anilines is 1. The van der Waals surface area contributed by atoms with Crippen LogP contribution in [0.25, 0.3) is 5.57 Å². The number of nitrogens with zero attached hydrogens (tertiary/aromatic N) is 3. The summed E-state index contributed by atoms with van der Waals surface area (Å²) in [5.41, 5.74) is 4.75. The first kappa shape index (κ1) is 24.5. The Morgan fingerprint density at radius 2 is 1.91 bits per heavy atom. The lowest BCUT2D eigenvalue weighted by Gasteiger charge is -2.29. The number of hydrogen-bond acceptors (Lipinski definition) is 5. The number of allylic oxidation sites excluding steroid dienone is 2. The molecule has 34 heavy (non-hydrogen) atoms. The summed E-state index contributed by atoms with van der Waals surface area (Å²) >= 11 is 12.7. The Kier molecular flexibility index (Phi) is 7.42. The first-order valence-electron chi connectivity index (χ1n) is 11.5. The van der Waals surface area contributed by atoms with Crippen molar-refractivity contribution in [3.05, 3.63) is 75.4 Å². The van der Waals surface area contributed by atoms with Gasteiger partial charge in [-0.2, -0.15) is 5.26 Å². The van der Waals surface area contributed by atoms with E-state index in [1.165, 1.54) is 0 Å². The van der Waals surface area contributed by atoms with E-state index in [9.17, 15) is 5.26 Å². The Morgan fingerprint density at radius 1 is 1.15 bits per heavy atom. The summed E-state index contributed by atoms with van der Waals surface area (Å²) in [6.45, 7) is 10.5. The summed E-state index contributed by atoms with van der Waals surface area (Å²) in [6.07, 6.45) is 4.84. The highest BCUT2D eigenvalue weighted by Crippen LogP contribution is 2.35. The van der Waals surface area contributed by atoms with Crippen LogP contribution in [0.5, 0.6) is 5.75 Å². The Morgan fingerprint density at radius 3 is 2.62 bits per heavy atom. The highest BCUT2D eigenvalue weighted by molar-refractivity contribution is 6.33. The van der Waals surface area contributed by atoms with Crippen molar-refractivity contribution >= 4 is 34.5 Å². The van der Waals surface area contributed by atoms with Crippen LogP contribution in [-0.4, -0.2) is 43.3 Å². The molecule has 0 saturated carbocycles. The Bertz CT molecular complexity index is 1150. The van der Waals surface area contributed by atoms with Gasteiger partial charge in [0.1, 0.15) is 11.8 Å². The third kappa shape index (κ3) is 5.20. The summed E-state index contributed by atoms with van der Waals surface area (Å²) in [6, 6.07) is 14.1. The second-order valence-electron chi connectivity index (χ2n) is 9.36. The average molecular weight is 497 g/mol. The smallest absolute Gasteiger partial charge is 0.119 e. The molecule has 0 atom stereocenters. The first-order chi connectivity index (χ1) is 16.3. The van der Waals surface area contributed by atoms with Gasteiger partial charge in [-0.15, -0.1) is 0 Å². The number of ether oxygens (including phenoxy) is 1. The van der Waals surface area contributed by atoms with E-state index in [1.807, 2.05) is 43.5 Å². The zero-order valence-corrected chi connectivity index (χ0v) is 21.4. The topological polar surface area (TPSA) is 51.5 Å². The van der Waals surface area contributed by atoms with Crippen LogP contribution in [0.2, 0.25) is 5.02 Å². The minimum atomic E-state index is 0.0316. The third-order valence-corrected chi connectivity index (χ3v) is 7.34. The molecular weight excluding hydrogens is 467 g/mol. The van der Waals surface area contributed by atoms with Crippen molar-refractivity contribution in [1.82, 2.24) is 10.2 Å². The van der Waals surface area contributed by atoms with Crippen LogP contribution in [0, 0.1) is 18.3 Å². The summed E-state index contributed by atoms with van der Waals surface area (Å²) in [7, 11) is 0. The molecule has 2 aliphatic heterocycles. The second kappa shape index (κ2) is 10.3. The fraction of sp³-hybridized carbons (Fsp3) is 0.370. The fourth-order valence-electron chi connectivity index (χ4n) is 4.56. The molecule has 1 fully saturated rings. The van der Waals surface area contributed by atoms with Crippen LogP contribution in [0.3, 0.4) is 0 Å². The number of rotatable bonds is 7. The summed E-state index contributed by atoms with van der Waals surface area (Å²) in [5, 5.41) is 13.7. The van der Waals surface area contributed by atoms with E-state index < -0.39 is 0 Å². The quantitative estimate of drug-likeness (QED) is 0.482. The molecule has 2 heterocycles. The molecule has 0 unspecified atom stereocenters. The van der Waals surface area contributed by atoms with Gasteiger partial charge in [-0.25, -0.2) is 0 Å². The number of hydrogen-bond donors (Lipinski definition) is 1. The monoisotopic (exact) mass is 496 g/mol. The highest BCUT2D eigenvalue weighted by Gasteiger charge is 2.37. The Hall–Kier alpha value is -2.65. The summed E-state index contributed by atoms with van der Waals surface area (Å²) in [5.74, 6) is 0.864. The Balaban J connectivity index is 1.31. The van der Waals surface area contributed by atoms with Crippen LogP contribution in [0.4, 0.5) is 5.69 Å². The van der Waals surface area contributed by atoms with E-state index in [4.69, 9.17) is 27.9 Å². The van der Waals surface area contributed by atoms with Crippen LogP contribution >= 0.6 is 23.2 Å². The normalized spacial score (nSPS) is 17.6. The van der Waals surface area contributed by atoms with Gasteiger partial charge in [0.25, 0.3) is 0 Å². The van der Waals surface area contributed by atoms with Crippen molar-refractivity contribution in [1.29, 1.82) is 5.26 Å². The van der Waals surface area contributed by atoms with Gasteiger partial charge in [0.15, 0.2) is 0 Å². The maximum absolute atomic E-state index is 9.23. The largest absolute Gasteiger partial charge is 0.494 e. The molecular formula is C27H30Cl2N4O. The molecule has 0 spiro atoms. The van der Waals surface area contributed by atoms with Gasteiger partial charge in [-0.05, 0) is 80.4 Å². The lowest BCUT2D eigenvalue weighted by molar-refractivity contribution is 0.168. The van der Waals surface area contributed by atoms with Gasteiger partial charge in [0.05, 0.1) is 30.4 Å². The van der Waals surface area contributed by atoms with E-state index in [1.54, 1.807) is 0 Å². The maximum atomic E-state index is 9.23. The first-order valence-corrected chi connectivity index (χ1v) is 12.3. The van der Waals surface area contributed by atoms with Crippen molar-refractivity contribution in [2.45, 2.75) is 32.7 Å². The minimum Gasteiger partial charge on any atom is -0.494 e. The van der Waals surface area contributed by atoms with Gasteiger partial charge in [-0.1, -0.05) is 35.3 Å². The van der Waals surface area contributed by atoms with Gasteiger partial charge >= 0.3 is 0 Å². The molecule has 2 aromatic rings. The van der Waals surface area contributed by atoms with E-state index >= 15 is 0 Å². The number of nitriles is 1. The van der Waals surface area contributed by atoms with E-state index in [0.717, 1.165) is 59.3 Å². The second-order valence-corrected chi connectivity index (χ2v) is 10.2. The number of halogens is 2. The van der Waals surface area contributed by atoms with Gasteiger partial charge in [0.2, 0.25) is 0 Å². The molecule has 0 aromatic heterocycles. The molecule has 4 rings (SSSR count). The molecule has 0 amide bonds. The molecule has 0 aliphatic carbocycles. The van der Waals surface area contributed by atoms with E-state index in [2.05, 4.69) is 47.2 Å². The minimum absolute atomic E-state index is 0.0316. The van der Waals surface area contributed by atoms with Gasteiger partial charge in [0, 0.05) is 29.3 Å². The molecule has 1 N–H and O–H groups in total. The molecule has 2 aliphatic rings. The summed E-state index contributed by atoms with van der Waals surface area (Å²) in [4.78, 5) is 4.82. The predicted octanol–water partition coefficient (Wildman–Crippen LogP) is 5.91. The van der Waals surface area contributed by atoms with Crippen molar-refractivity contribution in [2.24, 2.45) is 0 Å². The molecule has 2 aromatic carbocycles. The number of benzene rings is 2. The van der Waals surface area contributed by atoms with Crippen LogP contribution < -0.4 is 15.0 Å². The molecule has 178 valence electrons. The zero-order chi connectivity index (χ0) is 24.3. The number of nitrogens with one attached hydrogen (secondary N) is 1. The fourth-order valence-corrected chi connectivity index (χ4v) is 5.01. The maximum Gasteiger partial charge on any atom is 0.119 e. The lowest BCUT2D eigenvalue weighted by Crippen LogP contribution is -2.41. The zero-order valence-electron chi connectivity index (χ0n) is 19.9. The van der Waals surface area contributed by atoms with Crippen LogP contribution in [0.1, 0.15) is 37.0 Å². The lowest BCUT2D eigenvalue weighted by atomic mass is 10.0. The standard InChI is InChI=1S/C27H30Cl2N4O/c1-19-25(10-7-21(15-30)26(19)29)32-17-27(2,3)33(18-32)13-4-14-34-22-8-5-20(6-9-22)23-11-12-31-16-24(23)28/h5-12,31H,4,13-14,16-18H2,1-3H3. The molecule has 1 saturated heterocycles. The predicted molar refractivity (Wildman–Crippen MR) is 140 cm³/mol. The van der Waals surface area contributed by atoms with Crippen LogP contribution in [0.15, 0.2) is 53.7 Å². The summed E-state index contributed by atoms with van der Waals surface area (Å²) < 4.78 is 6.01. The molecule has 5 nitrogen and oxygen atoms in total. The highest BCUT2D eigenvalue weighted by atomic mass is 35.5. The molecule has 7 heteroatoms. The van der Waals surface area contributed by atoms with Crippen molar-refractivity contribution in [3.8, 4) is 11.8 Å². The molecule has 0 bridgehead atoms. The van der Waals surface area contributed by atoms with Crippen molar-refractivity contribution < 1.29 is 4.74 Å². The third-order valence-electron chi connectivity index (χ3n) is 6.52. The van der Waals surface area contributed by atoms with E-state index in [0.29, 0.717) is 23.7 Å². The van der Waals surface area contributed by atoms with Crippen molar-refractivity contribution in [2.75, 3.05) is 37.8 Å². The van der Waals surface area contributed by atoms with Gasteiger partial charge in [-0.3, -0.25) is 4.90 Å². The molecule has 0 radical (unpaired) electrons. The Labute approximate surface area is 212 Å². The number of dihydropyridines is 1. The van der Waals surface area contributed by atoms with Gasteiger partial charge < -0.3 is 15.0 Å².